The second-order valence-corrected chi connectivity index (χ2v) is 4.77. The smallest absolute Gasteiger partial charge is 0.122 e. The fourth-order valence-corrected chi connectivity index (χ4v) is 1.84. The number of nitrogens with one attached hydrogen (secondary N) is 1. The van der Waals surface area contributed by atoms with Gasteiger partial charge in [0.15, 0.2) is 0 Å². The molecular formula is C18H18N2. The number of amidine groups is 1. The van der Waals surface area contributed by atoms with Gasteiger partial charge in [-0.3, -0.25) is 5.41 Å². The van der Waals surface area contributed by atoms with Gasteiger partial charge in [0.1, 0.15) is 5.84 Å². The third-order valence-corrected chi connectivity index (χ3v) is 3.09. The topological polar surface area (TPSA) is 49.9 Å². The predicted octanol–water partition coefficient (Wildman–Crippen LogP) is 4.17. The molecule has 3 N–H and O–H groups in total. The molecule has 2 heteroatoms. The van der Waals surface area contributed by atoms with E-state index in [4.69, 9.17) is 11.1 Å². The summed E-state index contributed by atoms with van der Waals surface area (Å²) >= 11 is 0. The minimum Gasteiger partial charge on any atom is -0.384 e. The van der Waals surface area contributed by atoms with E-state index >= 15 is 0 Å². The van der Waals surface area contributed by atoms with Crippen molar-refractivity contribution in [2.45, 2.75) is 6.92 Å². The molecule has 2 aromatic rings. The van der Waals surface area contributed by atoms with Crippen LogP contribution in [-0.4, -0.2) is 5.84 Å². The molecule has 0 spiro atoms. The molecule has 0 fully saturated rings. The van der Waals surface area contributed by atoms with Crippen molar-refractivity contribution in [1.82, 2.24) is 0 Å². The van der Waals surface area contributed by atoms with Crippen molar-refractivity contribution in [2.24, 2.45) is 5.73 Å². The minimum atomic E-state index is 0.0934. The average Bonchev–Trinajstić information content (AvgIpc) is 2.46. The van der Waals surface area contributed by atoms with Crippen molar-refractivity contribution < 1.29 is 0 Å². The largest absolute Gasteiger partial charge is 0.384 e. The minimum absolute atomic E-state index is 0.0934. The molecular weight excluding hydrogens is 244 g/mol. The van der Waals surface area contributed by atoms with Crippen molar-refractivity contribution in [1.29, 1.82) is 5.41 Å². The van der Waals surface area contributed by atoms with Crippen LogP contribution in [0.3, 0.4) is 0 Å². The fourth-order valence-electron chi connectivity index (χ4n) is 1.84. The first-order valence-electron chi connectivity index (χ1n) is 6.45. The summed E-state index contributed by atoms with van der Waals surface area (Å²) in [7, 11) is 0. The second kappa shape index (κ2) is 6.02. The van der Waals surface area contributed by atoms with Gasteiger partial charge in [0.25, 0.3) is 0 Å². The van der Waals surface area contributed by atoms with Gasteiger partial charge in [-0.15, -0.1) is 0 Å². The third-order valence-electron chi connectivity index (χ3n) is 3.09. The summed E-state index contributed by atoms with van der Waals surface area (Å²) < 4.78 is 0. The molecule has 2 rings (SSSR count). The Labute approximate surface area is 119 Å². The number of hydrogen-bond acceptors (Lipinski definition) is 1. The molecule has 2 nitrogen and oxygen atoms in total. The summed E-state index contributed by atoms with van der Waals surface area (Å²) in [5, 5.41) is 7.35. The van der Waals surface area contributed by atoms with Crippen LogP contribution in [0.5, 0.6) is 0 Å². The van der Waals surface area contributed by atoms with E-state index in [0.717, 1.165) is 27.8 Å². The highest BCUT2D eigenvalue weighted by Crippen LogP contribution is 2.14. The van der Waals surface area contributed by atoms with E-state index < -0.39 is 0 Å². The van der Waals surface area contributed by atoms with Gasteiger partial charge in [-0.25, -0.2) is 0 Å². The van der Waals surface area contributed by atoms with E-state index in [1.54, 1.807) is 0 Å². The lowest BCUT2D eigenvalue weighted by Crippen LogP contribution is -2.10. The van der Waals surface area contributed by atoms with Gasteiger partial charge in [0.2, 0.25) is 0 Å². The Morgan fingerprint density at radius 2 is 1.30 bits per heavy atom. The fraction of sp³-hybridized carbons (Fsp3) is 0.0556. The number of nitrogens with two attached hydrogens (primary N) is 1. The number of allylic oxidation sites excluding steroid dienone is 1. The third kappa shape index (κ3) is 3.45. The molecule has 0 saturated heterocycles. The molecule has 0 aliphatic heterocycles. The van der Waals surface area contributed by atoms with Gasteiger partial charge < -0.3 is 5.73 Å². The van der Waals surface area contributed by atoms with Gasteiger partial charge in [0.05, 0.1) is 0 Å². The van der Waals surface area contributed by atoms with Crippen molar-refractivity contribution in [3.8, 4) is 0 Å². The van der Waals surface area contributed by atoms with Gasteiger partial charge >= 0.3 is 0 Å². The lowest BCUT2D eigenvalue weighted by atomic mass is 10.1. The van der Waals surface area contributed by atoms with Crippen molar-refractivity contribution >= 4 is 23.6 Å². The molecule has 0 aromatic heterocycles. The Hall–Kier alpha value is -2.61. The zero-order valence-corrected chi connectivity index (χ0v) is 11.6. The van der Waals surface area contributed by atoms with Gasteiger partial charge in [-0.05, 0) is 23.6 Å². The Bertz CT molecular complexity index is 587. The normalized spacial score (nSPS) is 10.7. The molecule has 0 atom stereocenters. The molecule has 0 aliphatic rings. The molecule has 0 aliphatic carbocycles. The van der Waals surface area contributed by atoms with Crippen molar-refractivity contribution in [2.75, 3.05) is 0 Å². The van der Waals surface area contributed by atoms with E-state index in [1.807, 2.05) is 37.3 Å². The summed E-state index contributed by atoms with van der Waals surface area (Å²) in [6, 6.07) is 15.9. The van der Waals surface area contributed by atoms with Gasteiger partial charge in [-0.1, -0.05) is 72.8 Å². The summed E-state index contributed by atoms with van der Waals surface area (Å²) in [4.78, 5) is 0. The summed E-state index contributed by atoms with van der Waals surface area (Å²) in [5.74, 6) is 0.0934. The summed E-state index contributed by atoms with van der Waals surface area (Å²) in [6.45, 7) is 5.93. The maximum absolute atomic E-state index is 7.35. The van der Waals surface area contributed by atoms with Crippen molar-refractivity contribution in [3.63, 3.8) is 0 Å². The van der Waals surface area contributed by atoms with Crippen LogP contribution in [-0.2, 0) is 0 Å². The van der Waals surface area contributed by atoms with Crippen LogP contribution in [0.1, 0.15) is 29.2 Å². The van der Waals surface area contributed by atoms with Crippen LogP contribution in [0.2, 0.25) is 0 Å². The highest BCUT2D eigenvalue weighted by Gasteiger charge is 1.95. The molecule has 0 unspecified atom stereocenters. The van der Waals surface area contributed by atoms with Gasteiger partial charge in [0, 0.05) is 5.56 Å². The molecule has 100 valence electrons. The van der Waals surface area contributed by atoms with Gasteiger partial charge in [-0.2, -0.15) is 0 Å². The van der Waals surface area contributed by atoms with E-state index in [2.05, 4.69) is 36.9 Å². The van der Waals surface area contributed by atoms with Crippen LogP contribution in [0.15, 0.2) is 55.1 Å². The van der Waals surface area contributed by atoms with E-state index in [-0.39, 0.29) is 5.84 Å². The first-order valence-corrected chi connectivity index (χ1v) is 6.45. The molecule has 0 radical (unpaired) electrons. The summed E-state index contributed by atoms with van der Waals surface area (Å²) in [6.07, 6.45) is 4.10. The second-order valence-electron chi connectivity index (χ2n) is 4.77. The van der Waals surface area contributed by atoms with Crippen molar-refractivity contribution in [3.05, 3.63) is 77.4 Å². The Morgan fingerprint density at radius 3 is 1.65 bits per heavy atom. The Balaban J connectivity index is 2.12. The monoisotopic (exact) mass is 262 g/mol. The summed E-state index contributed by atoms with van der Waals surface area (Å²) in [5.41, 5.74) is 10.6. The van der Waals surface area contributed by atoms with E-state index in [1.165, 1.54) is 0 Å². The van der Waals surface area contributed by atoms with Crippen LogP contribution in [0, 0.1) is 5.41 Å². The molecule has 20 heavy (non-hydrogen) atoms. The molecule has 0 bridgehead atoms. The Morgan fingerprint density at radius 1 is 0.900 bits per heavy atom. The maximum atomic E-state index is 7.35. The quantitative estimate of drug-likeness (QED) is 0.485. The lowest BCUT2D eigenvalue weighted by molar-refractivity contribution is 1.42. The highest BCUT2D eigenvalue weighted by atomic mass is 14.7. The van der Waals surface area contributed by atoms with Crippen LogP contribution >= 0.6 is 0 Å². The number of rotatable bonds is 4. The lowest BCUT2D eigenvalue weighted by Gasteiger charge is -2.01. The molecule has 0 amide bonds. The van der Waals surface area contributed by atoms with E-state index in [0.29, 0.717) is 0 Å². The SMILES string of the molecule is C=C(C)c1ccc(/C=C/c2ccc(C(=N)N)cc2)cc1. The standard InChI is InChI=1S/C18H18N2/c1-13(2)16-9-5-14(6-10-16)3-4-15-7-11-17(12-8-15)18(19)20/h3-12H,1H2,2H3,(H3,19,20)/b4-3+. The highest BCUT2D eigenvalue weighted by molar-refractivity contribution is 5.95. The predicted molar refractivity (Wildman–Crippen MR) is 87.5 cm³/mol. The first-order chi connectivity index (χ1) is 9.56. The molecule has 0 heterocycles. The number of nitrogen functional groups attached to an aromatic ring is 1. The zero-order valence-electron chi connectivity index (χ0n) is 11.6. The molecule has 2 aromatic carbocycles. The first kappa shape index (κ1) is 13.8. The van der Waals surface area contributed by atoms with E-state index in [9.17, 15) is 0 Å². The zero-order chi connectivity index (χ0) is 14.5. The molecule has 0 saturated carbocycles. The number of hydrogen-bond donors (Lipinski definition) is 2. The maximum Gasteiger partial charge on any atom is 0.122 e. The average molecular weight is 262 g/mol. The number of benzene rings is 2. The van der Waals surface area contributed by atoms with Crippen LogP contribution < -0.4 is 5.73 Å². The Kier molecular flexibility index (Phi) is 4.16. The van der Waals surface area contributed by atoms with Crippen LogP contribution in [0.4, 0.5) is 0 Å². The van der Waals surface area contributed by atoms with Crippen LogP contribution in [0.25, 0.3) is 17.7 Å².